The van der Waals surface area contributed by atoms with Gasteiger partial charge in [-0.25, -0.2) is 4.79 Å². The van der Waals surface area contributed by atoms with Gasteiger partial charge in [0.1, 0.15) is 24.1 Å². The molecule has 1 saturated heterocycles. The number of aliphatic hydroxyl groups excluding tert-OH is 2. The van der Waals surface area contributed by atoms with Gasteiger partial charge in [0.2, 0.25) is 5.91 Å². The number of ether oxygens (including phenoxy) is 1. The Morgan fingerprint density at radius 3 is 2.52 bits per heavy atom. The number of hydrogen-bond acceptors (Lipinski definition) is 7. The van der Waals surface area contributed by atoms with Crippen LogP contribution in [0.3, 0.4) is 0 Å². The molecule has 4 atom stereocenters. The summed E-state index contributed by atoms with van der Waals surface area (Å²) in [5.41, 5.74) is -0.705. The molecule has 1 aromatic rings. The van der Waals surface area contributed by atoms with Gasteiger partial charge in [0.05, 0.1) is 6.61 Å². The minimum absolute atomic E-state index is 0.00498. The van der Waals surface area contributed by atoms with E-state index in [1.54, 1.807) is 0 Å². The van der Waals surface area contributed by atoms with Gasteiger partial charge in [-0.05, 0) is 24.2 Å². The van der Waals surface area contributed by atoms with Crippen LogP contribution in [-0.2, 0) is 14.0 Å². The van der Waals surface area contributed by atoms with Crippen LogP contribution in [0.5, 0.6) is 0 Å². The van der Waals surface area contributed by atoms with E-state index < -0.39 is 38.5 Å². The van der Waals surface area contributed by atoms with Crippen LogP contribution < -0.4 is 11.0 Å². The smallest absolute Gasteiger partial charge is 0.351 e. The first-order valence-electron chi connectivity index (χ1n) is 8.86. The molecule has 152 valence electrons. The van der Waals surface area contributed by atoms with E-state index in [0.29, 0.717) is 0 Å². The minimum atomic E-state index is -2.05. The van der Waals surface area contributed by atoms with Crippen LogP contribution in [0.1, 0.15) is 33.9 Å². The fourth-order valence-corrected chi connectivity index (χ4v) is 3.47. The van der Waals surface area contributed by atoms with Crippen molar-refractivity contribution in [2.75, 3.05) is 11.9 Å². The molecule has 9 nitrogen and oxygen atoms in total. The lowest BCUT2D eigenvalue weighted by atomic mass is 10.1. The van der Waals surface area contributed by atoms with Gasteiger partial charge in [-0.1, -0.05) is 20.8 Å². The number of nitrogens with zero attached hydrogens (tertiary/aromatic N) is 2. The molecule has 2 heterocycles. The third-order valence-corrected chi connectivity index (χ3v) is 9.66. The molecular formula is C17H29N3O6Si. The summed E-state index contributed by atoms with van der Waals surface area (Å²) in [6.45, 7) is 11.9. The van der Waals surface area contributed by atoms with E-state index >= 15 is 0 Å². The fraction of sp³-hybridized carbons (Fsp3) is 0.706. The van der Waals surface area contributed by atoms with Crippen LogP contribution in [0, 0.1) is 0 Å². The van der Waals surface area contributed by atoms with Gasteiger partial charge in [0, 0.05) is 13.1 Å². The molecular weight excluding hydrogens is 370 g/mol. The number of rotatable bonds is 5. The Hall–Kier alpha value is -1.59. The van der Waals surface area contributed by atoms with Crippen LogP contribution >= 0.6 is 0 Å². The minimum Gasteiger partial charge on any atom is -0.414 e. The lowest BCUT2D eigenvalue weighted by molar-refractivity contribution is -0.114. The zero-order valence-electron chi connectivity index (χ0n) is 16.6. The molecule has 1 amide bonds. The number of carbonyl (C=O) groups is 1. The number of amides is 1. The quantitative estimate of drug-likeness (QED) is 0.627. The predicted molar refractivity (Wildman–Crippen MR) is 102 cm³/mol. The monoisotopic (exact) mass is 399 g/mol. The molecule has 2 rings (SSSR count). The molecule has 1 aliphatic rings. The summed E-state index contributed by atoms with van der Waals surface area (Å²) in [4.78, 5) is 27.0. The van der Waals surface area contributed by atoms with Gasteiger partial charge in [-0.2, -0.15) is 4.98 Å². The van der Waals surface area contributed by atoms with Crippen LogP contribution in [-0.4, -0.2) is 58.9 Å². The summed E-state index contributed by atoms with van der Waals surface area (Å²) < 4.78 is 12.9. The van der Waals surface area contributed by atoms with E-state index in [-0.39, 0.29) is 23.4 Å². The molecule has 1 aromatic heterocycles. The van der Waals surface area contributed by atoms with Crippen molar-refractivity contribution >= 4 is 20.0 Å². The van der Waals surface area contributed by atoms with Crippen molar-refractivity contribution in [2.45, 2.75) is 70.4 Å². The highest BCUT2D eigenvalue weighted by Gasteiger charge is 2.46. The molecule has 1 fully saturated rings. The molecule has 0 aromatic carbocycles. The van der Waals surface area contributed by atoms with Crippen molar-refractivity contribution in [1.29, 1.82) is 0 Å². The van der Waals surface area contributed by atoms with E-state index in [1.807, 2.05) is 0 Å². The second-order valence-corrected chi connectivity index (χ2v) is 13.1. The third-order valence-electron chi connectivity index (χ3n) is 5.16. The summed E-state index contributed by atoms with van der Waals surface area (Å²) in [6.07, 6.45) is -2.98. The molecule has 27 heavy (non-hydrogen) atoms. The first-order chi connectivity index (χ1) is 12.3. The highest BCUT2D eigenvalue weighted by atomic mass is 28.4. The lowest BCUT2D eigenvalue weighted by Crippen LogP contribution is -2.44. The number of hydrogen-bond donors (Lipinski definition) is 3. The molecule has 0 radical (unpaired) electrons. The molecule has 10 heteroatoms. The second kappa shape index (κ2) is 7.80. The Morgan fingerprint density at radius 2 is 2.00 bits per heavy atom. The van der Waals surface area contributed by atoms with E-state index in [9.17, 15) is 19.8 Å². The Labute approximate surface area is 159 Å². The Morgan fingerprint density at radius 1 is 1.37 bits per heavy atom. The van der Waals surface area contributed by atoms with Crippen LogP contribution in [0.15, 0.2) is 17.1 Å². The second-order valence-electron chi connectivity index (χ2n) is 8.30. The van der Waals surface area contributed by atoms with Crippen molar-refractivity contribution in [3.8, 4) is 0 Å². The van der Waals surface area contributed by atoms with Crippen molar-refractivity contribution < 1.29 is 24.2 Å². The predicted octanol–water partition coefficient (Wildman–Crippen LogP) is 0.843. The normalized spacial score (nSPS) is 26.2. The standard InChI is InChI=1S/C17H29N3O6Si/c1-10(21)18-12-7-8-20(16(24)19-12)15-14(23)13(22)11(26-15)9-25-27(5,6)17(2,3)4/h7-8,11,13-15,22-23H,9H2,1-6H3,(H,18,19,21,24)/t11-,13+,14+,15+/m0/s1. The topological polar surface area (TPSA) is 123 Å². The third kappa shape index (κ3) is 4.82. The van der Waals surface area contributed by atoms with Crippen LogP contribution in [0.2, 0.25) is 18.1 Å². The van der Waals surface area contributed by atoms with E-state index in [0.717, 1.165) is 4.57 Å². The summed E-state index contributed by atoms with van der Waals surface area (Å²) in [5, 5.41) is 23.1. The first-order valence-corrected chi connectivity index (χ1v) is 11.8. The van der Waals surface area contributed by atoms with Crippen molar-refractivity contribution in [3.63, 3.8) is 0 Å². The van der Waals surface area contributed by atoms with E-state index in [1.165, 1.54) is 19.2 Å². The van der Waals surface area contributed by atoms with Gasteiger partial charge < -0.3 is 24.7 Å². The maximum atomic E-state index is 12.2. The summed E-state index contributed by atoms with van der Waals surface area (Å²) in [6, 6.07) is 1.42. The fourth-order valence-electron chi connectivity index (χ4n) is 2.46. The molecule has 0 aliphatic carbocycles. The maximum Gasteiger partial charge on any atom is 0.351 e. The number of anilines is 1. The van der Waals surface area contributed by atoms with E-state index in [2.05, 4.69) is 44.2 Å². The molecule has 0 saturated carbocycles. The number of nitrogens with one attached hydrogen (secondary N) is 1. The van der Waals surface area contributed by atoms with Crippen molar-refractivity contribution in [1.82, 2.24) is 9.55 Å². The Kier molecular flexibility index (Phi) is 6.27. The average molecular weight is 400 g/mol. The molecule has 3 N–H and O–H groups in total. The van der Waals surface area contributed by atoms with Crippen molar-refractivity contribution in [2.24, 2.45) is 0 Å². The van der Waals surface area contributed by atoms with Gasteiger partial charge in [0.15, 0.2) is 14.5 Å². The first kappa shape index (κ1) is 21.7. The number of aliphatic hydroxyl groups is 2. The van der Waals surface area contributed by atoms with Crippen LogP contribution in [0.4, 0.5) is 5.82 Å². The highest BCUT2D eigenvalue weighted by molar-refractivity contribution is 6.74. The zero-order chi connectivity index (χ0) is 20.6. The maximum absolute atomic E-state index is 12.2. The average Bonchev–Trinajstić information content (AvgIpc) is 2.80. The SMILES string of the molecule is CC(=O)Nc1ccn([C@@H]2O[C@@H](CO[Si](C)(C)C(C)(C)C)[C@@H](O)[C@H]2O)c(=O)n1. The molecule has 0 bridgehead atoms. The van der Waals surface area contributed by atoms with Gasteiger partial charge in [-0.3, -0.25) is 9.36 Å². The van der Waals surface area contributed by atoms with E-state index in [4.69, 9.17) is 9.16 Å². The van der Waals surface area contributed by atoms with Gasteiger partial charge in [-0.15, -0.1) is 0 Å². The lowest BCUT2D eigenvalue weighted by Gasteiger charge is -2.37. The highest BCUT2D eigenvalue weighted by Crippen LogP contribution is 2.37. The summed E-state index contributed by atoms with van der Waals surface area (Å²) >= 11 is 0. The summed E-state index contributed by atoms with van der Waals surface area (Å²) in [7, 11) is -2.05. The molecule has 0 spiro atoms. The zero-order valence-corrected chi connectivity index (χ0v) is 17.6. The largest absolute Gasteiger partial charge is 0.414 e. The molecule has 0 unspecified atom stereocenters. The number of aromatic nitrogens is 2. The number of carbonyl (C=O) groups excluding carboxylic acids is 1. The van der Waals surface area contributed by atoms with Crippen molar-refractivity contribution in [3.05, 3.63) is 22.7 Å². The Bertz CT molecular complexity index is 745. The van der Waals surface area contributed by atoms with Gasteiger partial charge in [0.25, 0.3) is 0 Å². The Balaban J connectivity index is 2.13. The summed E-state index contributed by atoms with van der Waals surface area (Å²) in [5.74, 6) is -0.246. The van der Waals surface area contributed by atoms with Gasteiger partial charge >= 0.3 is 5.69 Å². The molecule has 1 aliphatic heterocycles. The van der Waals surface area contributed by atoms with Crippen LogP contribution in [0.25, 0.3) is 0 Å².